The van der Waals surface area contributed by atoms with Crippen molar-refractivity contribution in [2.45, 2.75) is 31.1 Å². The number of hydrogen-bond donors (Lipinski definition) is 2. The number of nitrogen functional groups attached to an aromatic ring is 1. The van der Waals surface area contributed by atoms with E-state index in [4.69, 9.17) is 5.73 Å². The number of thioether (sulfide) groups is 1. The summed E-state index contributed by atoms with van der Waals surface area (Å²) in [5.74, 6) is 1.69. The molecular formula is C15H20N4S2. The Morgan fingerprint density at radius 3 is 3.10 bits per heavy atom. The molecule has 0 amide bonds. The second kappa shape index (κ2) is 8.69. The molecule has 112 valence electrons. The van der Waals surface area contributed by atoms with Crippen LogP contribution in [0.3, 0.4) is 0 Å². The van der Waals surface area contributed by atoms with Crippen molar-refractivity contribution >= 4 is 40.3 Å². The lowest BCUT2D eigenvalue weighted by molar-refractivity contribution is 0.778. The van der Waals surface area contributed by atoms with Crippen LogP contribution in [0.5, 0.6) is 0 Å². The lowest BCUT2D eigenvalue weighted by Crippen LogP contribution is -1.91. The smallest absolute Gasteiger partial charge is 0.205 e. The molecule has 21 heavy (non-hydrogen) atoms. The SMILES string of the molecule is CCCCCSc1cccc(C=NNc2nc(N)cs2)c1. The van der Waals surface area contributed by atoms with E-state index in [0.717, 1.165) is 5.56 Å². The minimum Gasteiger partial charge on any atom is -0.383 e. The van der Waals surface area contributed by atoms with Gasteiger partial charge in [0.25, 0.3) is 0 Å². The molecule has 6 heteroatoms. The molecule has 0 aliphatic carbocycles. The van der Waals surface area contributed by atoms with Gasteiger partial charge in [-0.25, -0.2) is 4.98 Å². The average molecular weight is 320 g/mol. The van der Waals surface area contributed by atoms with Gasteiger partial charge < -0.3 is 5.73 Å². The molecule has 0 fully saturated rings. The number of hydrogen-bond acceptors (Lipinski definition) is 6. The average Bonchev–Trinajstić information content (AvgIpc) is 2.90. The molecule has 1 heterocycles. The summed E-state index contributed by atoms with van der Waals surface area (Å²) in [5.41, 5.74) is 9.51. The number of nitrogens with one attached hydrogen (secondary N) is 1. The summed E-state index contributed by atoms with van der Waals surface area (Å²) in [7, 11) is 0. The maximum atomic E-state index is 5.55. The number of thiazole rings is 1. The Bertz CT molecular complexity index is 581. The Morgan fingerprint density at radius 1 is 1.43 bits per heavy atom. The predicted molar refractivity (Wildman–Crippen MR) is 94.4 cm³/mol. The van der Waals surface area contributed by atoms with Gasteiger partial charge in [0, 0.05) is 10.3 Å². The molecule has 0 aliphatic heterocycles. The van der Waals surface area contributed by atoms with Crippen LogP contribution in [-0.4, -0.2) is 17.0 Å². The van der Waals surface area contributed by atoms with Crippen LogP contribution >= 0.6 is 23.1 Å². The van der Waals surface area contributed by atoms with Crippen LogP contribution in [0.4, 0.5) is 10.9 Å². The number of hydrazone groups is 1. The molecule has 0 unspecified atom stereocenters. The van der Waals surface area contributed by atoms with Gasteiger partial charge in [0.15, 0.2) is 0 Å². The standard InChI is InChI=1S/C15H20N4S2/c1-2-3-4-8-20-13-7-5-6-12(9-13)10-17-19-15-18-14(16)11-21-15/h5-7,9-11H,2-4,8,16H2,1H3,(H,18,19). The molecule has 2 rings (SSSR count). The third-order valence-corrected chi connectivity index (χ3v) is 4.62. The fourth-order valence-electron chi connectivity index (χ4n) is 1.73. The van der Waals surface area contributed by atoms with Crippen LogP contribution in [0.15, 0.2) is 39.6 Å². The Kier molecular flexibility index (Phi) is 6.56. The fraction of sp³-hybridized carbons (Fsp3) is 0.333. The zero-order chi connectivity index (χ0) is 14.9. The number of aromatic nitrogens is 1. The minimum atomic E-state index is 0.517. The summed E-state index contributed by atoms with van der Waals surface area (Å²) < 4.78 is 0. The van der Waals surface area contributed by atoms with E-state index in [1.165, 1.54) is 41.2 Å². The molecule has 4 nitrogen and oxygen atoms in total. The summed E-state index contributed by atoms with van der Waals surface area (Å²) in [6, 6.07) is 8.39. The third-order valence-electron chi connectivity index (χ3n) is 2.77. The monoisotopic (exact) mass is 320 g/mol. The molecule has 2 aromatic rings. The van der Waals surface area contributed by atoms with Gasteiger partial charge in [0.05, 0.1) is 6.21 Å². The first-order valence-corrected chi connectivity index (χ1v) is 8.87. The van der Waals surface area contributed by atoms with Crippen LogP contribution in [0.25, 0.3) is 0 Å². The molecule has 0 radical (unpaired) electrons. The molecule has 0 saturated heterocycles. The van der Waals surface area contributed by atoms with E-state index in [0.29, 0.717) is 10.9 Å². The van der Waals surface area contributed by atoms with Crippen molar-refractivity contribution in [3.63, 3.8) is 0 Å². The van der Waals surface area contributed by atoms with Gasteiger partial charge in [-0.05, 0) is 29.9 Å². The first-order chi connectivity index (χ1) is 10.3. The number of anilines is 2. The zero-order valence-corrected chi connectivity index (χ0v) is 13.7. The van der Waals surface area contributed by atoms with Crippen LogP contribution in [0.1, 0.15) is 31.7 Å². The topological polar surface area (TPSA) is 63.3 Å². The molecule has 0 atom stereocenters. The highest BCUT2D eigenvalue weighted by Gasteiger charge is 1.97. The Hall–Kier alpha value is -1.53. The first-order valence-electron chi connectivity index (χ1n) is 7.01. The quantitative estimate of drug-likeness (QED) is 0.326. The molecule has 1 aromatic heterocycles. The molecule has 3 N–H and O–H groups in total. The van der Waals surface area contributed by atoms with E-state index in [9.17, 15) is 0 Å². The first kappa shape index (κ1) is 15.9. The molecule has 0 bridgehead atoms. The van der Waals surface area contributed by atoms with Crippen molar-refractivity contribution in [2.24, 2.45) is 5.10 Å². The number of nitrogens with two attached hydrogens (primary N) is 1. The third kappa shape index (κ3) is 5.77. The highest BCUT2D eigenvalue weighted by molar-refractivity contribution is 7.99. The number of nitrogens with zero attached hydrogens (tertiary/aromatic N) is 2. The Morgan fingerprint density at radius 2 is 2.33 bits per heavy atom. The van der Waals surface area contributed by atoms with Crippen molar-refractivity contribution in [1.82, 2.24) is 4.98 Å². The van der Waals surface area contributed by atoms with Crippen molar-refractivity contribution in [2.75, 3.05) is 16.9 Å². The van der Waals surface area contributed by atoms with Gasteiger partial charge in [-0.1, -0.05) is 31.9 Å². The number of rotatable bonds is 8. The Labute approximate surface area is 133 Å². The zero-order valence-electron chi connectivity index (χ0n) is 12.1. The van der Waals surface area contributed by atoms with E-state index in [2.05, 4.69) is 40.6 Å². The van der Waals surface area contributed by atoms with Crippen molar-refractivity contribution in [3.05, 3.63) is 35.2 Å². The summed E-state index contributed by atoms with van der Waals surface area (Å²) in [6.45, 7) is 2.23. The minimum absolute atomic E-state index is 0.517. The van der Waals surface area contributed by atoms with E-state index in [1.54, 1.807) is 11.6 Å². The second-order valence-electron chi connectivity index (χ2n) is 4.58. The van der Waals surface area contributed by atoms with Gasteiger partial charge in [-0.3, -0.25) is 5.43 Å². The highest BCUT2D eigenvalue weighted by Crippen LogP contribution is 2.20. The maximum Gasteiger partial charge on any atom is 0.205 e. The Balaban J connectivity index is 1.85. The van der Waals surface area contributed by atoms with E-state index in [1.807, 2.05) is 17.8 Å². The highest BCUT2D eigenvalue weighted by atomic mass is 32.2. The van der Waals surface area contributed by atoms with Crippen LogP contribution in [0, 0.1) is 0 Å². The molecular weight excluding hydrogens is 300 g/mol. The fourth-order valence-corrected chi connectivity index (χ4v) is 3.25. The van der Waals surface area contributed by atoms with Crippen molar-refractivity contribution in [3.8, 4) is 0 Å². The summed E-state index contributed by atoms with van der Waals surface area (Å²) >= 11 is 3.34. The van der Waals surface area contributed by atoms with Crippen LogP contribution in [0.2, 0.25) is 0 Å². The lowest BCUT2D eigenvalue weighted by atomic mass is 10.2. The van der Waals surface area contributed by atoms with Crippen molar-refractivity contribution < 1.29 is 0 Å². The van der Waals surface area contributed by atoms with E-state index in [-0.39, 0.29) is 0 Å². The van der Waals surface area contributed by atoms with Gasteiger partial charge in [-0.2, -0.15) is 5.10 Å². The maximum absolute atomic E-state index is 5.55. The summed E-state index contributed by atoms with van der Waals surface area (Å²) in [5, 5.41) is 6.67. The van der Waals surface area contributed by atoms with E-state index >= 15 is 0 Å². The lowest BCUT2D eigenvalue weighted by Gasteiger charge is -2.02. The largest absolute Gasteiger partial charge is 0.383 e. The van der Waals surface area contributed by atoms with Gasteiger partial charge in [0.1, 0.15) is 5.82 Å². The predicted octanol–water partition coefficient (Wildman–Crippen LogP) is 4.45. The molecule has 0 aliphatic rings. The number of benzene rings is 1. The second-order valence-corrected chi connectivity index (χ2v) is 6.60. The van der Waals surface area contributed by atoms with Gasteiger partial charge in [0.2, 0.25) is 5.13 Å². The van der Waals surface area contributed by atoms with Gasteiger partial charge >= 0.3 is 0 Å². The molecule has 1 aromatic carbocycles. The normalized spacial score (nSPS) is 11.1. The van der Waals surface area contributed by atoms with Crippen molar-refractivity contribution in [1.29, 1.82) is 0 Å². The summed E-state index contributed by atoms with van der Waals surface area (Å²) in [6.07, 6.45) is 5.63. The van der Waals surface area contributed by atoms with Gasteiger partial charge in [-0.15, -0.1) is 23.1 Å². The number of unbranched alkanes of at least 4 members (excludes halogenated alkanes) is 2. The van der Waals surface area contributed by atoms with E-state index < -0.39 is 0 Å². The molecule has 0 spiro atoms. The van der Waals surface area contributed by atoms with Crippen LogP contribution in [-0.2, 0) is 0 Å². The van der Waals surface area contributed by atoms with Crippen LogP contribution < -0.4 is 11.2 Å². The molecule has 0 saturated carbocycles. The summed E-state index contributed by atoms with van der Waals surface area (Å²) in [4.78, 5) is 5.37.